The van der Waals surface area contributed by atoms with Crippen molar-refractivity contribution >= 4 is 17.7 Å². The van der Waals surface area contributed by atoms with Crippen LogP contribution < -0.4 is 0 Å². The largest absolute Gasteiger partial charge is 0.477 e. The minimum atomic E-state index is -1.04. The van der Waals surface area contributed by atoms with E-state index in [2.05, 4.69) is 9.97 Å². The Bertz CT molecular complexity index is 507. The maximum absolute atomic E-state index is 10.6. The number of hydrogen-bond donors (Lipinski definition) is 1. The Morgan fingerprint density at radius 1 is 1.50 bits per heavy atom. The Kier molecular flexibility index (Phi) is 2.91. The molecule has 0 fully saturated rings. The summed E-state index contributed by atoms with van der Waals surface area (Å²) in [5, 5.41) is 9.18. The Labute approximate surface area is 95.5 Å². The third-order valence-electron chi connectivity index (χ3n) is 1.76. The van der Waals surface area contributed by atoms with Gasteiger partial charge >= 0.3 is 5.97 Å². The average Bonchev–Trinajstić information content (AvgIpc) is 2.65. The normalized spacial score (nSPS) is 10.3. The number of aromatic carboxylic acids is 1. The fourth-order valence-corrected chi connectivity index (χ4v) is 1.78. The summed E-state index contributed by atoms with van der Waals surface area (Å²) in [6.45, 7) is 1.83. The molecule has 16 heavy (non-hydrogen) atoms. The first-order chi connectivity index (χ1) is 7.65. The predicted molar refractivity (Wildman–Crippen MR) is 56.6 cm³/mol. The lowest BCUT2D eigenvalue weighted by atomic mass is 10.4. The summed E-state index contributed by atoms with van der Waals surface area (Å²) in [7, 11) is 0. The molecule has 0 amide bonds. The number of aromatic nitrogens is 2. The summed E-state index contributed by atoms with van der Waals surface area (Å²) >= 11 is 1.30. The van der Waals surface area contributed by atoms with Crippen molar-refractivity contribution in [1.29, 1.82) is 0 Å². The second-order valence-electron chi connectivity index (χ2n) is 3.04. The molecule has 0 spiro atoms. The predicted octanol–water partition coefficient (Wildman–Crippen LogP) is 2.23. The molecule has 0 radical (unpaired) electrons. The molecular formula is C10H8N2O3S. The lowest BCUT2D eigenvalue weighted by Crippen LogP contribution is -1.98. The fraction of sp³-hybridized carbons (Fsp3) is 0.100. The number of carboxylic acids is 1. The summed E-state index contributed by atoms with van der Waals surface area (Å²) in [6, 6.07) is 3.11. The Morgan fingerprint density at radius 3 is 2.81 bits per heavy atom. The molecule has 2 aromatic heterocycles. The van der Waals surface area contributed by atoms with Crippen molar-refractivity contribution in [2.75, 3.05) is 0 Å². The molecule has 0 aliphatic heterocycles. The highest BCUT2D eigenvalue weighted by atomic mass is 32.2. The van der Waals surface area contributed by atoms with E-state index in [0.717, 1.165) is 10.6 Å². The van der Waals surface area contributed by atoms with Crippen LogP contribution in [0.15, 0.2) is 39.1 Å². The molecule has 0 saturated heterocycles. The van der Waals surface area contributed by atoms with Gasteiger partial charge in [0.25, 0.3) is 5.22 Å². The zero-order valence-corrected chi connectivity index (χ0v) is 9.19. The van der Waals surface area contributed by atoms with Crippen LogP contribution in [0.4, 0.5) is 0 Å². The molecule has 0 aliphatic rings. The van der Waals surface area contributed by atoms with Crippen LogP contribution in [0.25, 0.3) is 0 Å². The number of nitrogens with zero attached hydrogens (tertiary/aromatic N) is 2. The molecule has 82 valence electrons. The fourth-order valence-electron chi connectivity index (χ4n) is 1.05. The van der Waals surface area contributed by atoms with Crippen molar-refractivity contribution in [3.8, 4) is 0 Å². The van der Waals surface area contributed by atoms with Crippen molar-refractivity contribution in [3.05, 3.63) is 36.0 Å². The van der Waals surface area contributed by atoms with E-state index < -0.39 is 5.97 Å². The van der Waals surface area contributed by atoms with E-state index in [9.17, 15) is 4.79 Å². The van der Waals surface area contributed by atoms with Crippen LogP contribution in [-0.4, -0.2) is 21.0 Å². The van der Waals surface area contributed by atoms with E-state index in [1.807, 2.05) is 6.92 Å². The van der Waals surface area contributed by atoms with Crippen LogP contribution in [0.2, 0.25) is 0 Å². The lowest BCUT2D eigenvalue weighted by molar-refractivity contribution is 0.0690. The molecule has 6 heteroatoms. The number of hydrogen-bond acceptors (Lipinski definition) is 5. The van der Waals surface area contributed by atoms with E-state index in [0.29, 0.717) is 5.22 Å². The van der Waals surface area contributed by atoms with Crippen LogP contribution in [0.3, 0.4) is 0 Å². The van der Waals surface area contributed by atoms with Crippen molar-refractivity contribution < 1.29 is 14.3 Å². The molecule has 0 aromatic carbocycles. The minimum absolute atomic E-state index is 0.0212. The zero-order valence-electron chi connectivity index (χ0n) is 8.38. The third kappa shape index (κ3) is 2.40. The first-order valence-electron chi connectivity index (χ1n) is 4.44. The van der Waals surface area contributed by atoms with Crippen LogP contribution in [-0.2, 0) is 0 Å². The smallest absolute Gasteiger partial charge is 0.354 e. The highest BCUT2D eigenvalue weighted by molar-refractivity contribution is 7.99. The van der Waals surface area contributed by atoms with Crippen LogP contribution in [0, 0.1) is 6.92 Å². The second kappa shape index (κ2) is 4.36. The Morgan fingerprint density at radius 2 is 2.31 bits per heavy atom. The van der Waals surface area contributed by atoms with Gasteiger partial charge in [0.05, 0.1) is 5.69 Å². The van der Waals surface area contributed by atoms with Gasteiger partial charge in [-0.25, -0.2) is 14.8 Å². The highest BCUT2D eigenvalue weighted by Crippen LogP contribution is 2.25. The number of pyridine rings is 1. The monoisotopic (exact) mass is 236 g/mol. The molecule has 0 unspecified atom stereocenters. The van der Waals surface area contributed by atoms with Gasteiger partial charge in [-0.3, -0.25) is 0 Å². The third-order valence-corrected chi connectivity index (χ3v) is 2.60. The van der Waals surface area contributed by atoms with Crippen molar-refractivity contribution in [2.45, 2.75) is 17.0 Å². The van der Waals surface area contributed by atoms with Crippen molar-refractivity contribution in [2.24, 2.45) is 0 Å². The molecule has 1 N–H and O–H groups in total. The minimum Gasteiger partial charge on any atom is -0.477 e. The molecule has 0 saturated carbocycles. The number of carbonyl (C=O) groups is 1. The van der Waals surface area contributed by atoms with Gasteiger partial charge in [0.2, 0.25) is 0 Å². The van der Waals surface area contributed by atoms with E-state index in [1.165, 1.54) is 24.0 Å². The SMILES string of the molecule is Cc1coc(Sc2ccc(C(=O)O)nc2)n1. The zero-order chi connectivity index (χ0) is 11.5. The molecule has 5 nitrogen and oxygen atoms in total. The first-order valence-corrected chi connectivity index (χ1v) is 5.26. The van der Waals surface area contributed by atoms with Crippen molar-refractivity contribution in [1.82, 2.24) is 9.97 Å². The second-order valence-corrected chi connectivity index (χ2v) is 4.07. The quantitative estimate of drug-likeness (QED) is 0.880. The summed E-state index contributed by atoms with van der Waals surface area (Å²) < 4.78 is 5.15. The van der Waals surface area contributed by atoms with Gasteiger partial charge in [-0.15, -0.1) is 0 Å². The number of rotatable bonds is 3. The Balaban J connectivity index is 2.14. The average molecular weight is 236 g/mol. The number of aryl methyl sites for hydroxylation is 1. The highest BCUT2D eigenvalue weighted by Gasteiger charge is 2.06. The first kappa shape index (κ1) is 10.7. The lowest BCUT2D eigenvalue weighted by Gasteiger charge is -1.96. The topological polar surface area (TPSA) is 76.2 Å². The van der Waals surface area contributed by atoms with E-state index in [-0.39, 0.29) is 5.69 Å². The molecule has 0 aliphatic carbocycles. The van der Waals surface area contributed by atoms with Crippen molar-refractivity contribution in [3.63, 3.8) is 0 Å². The van der Waals surface area contributed by atoms with E-state index in [4.69, 9.17) is 9.52 Å². The molecular weight excluding hydrogens is 228 g/mol. The van der Waals surface area contributed by atoms with Gasteiger partial charge < -0.3 is 9.52 Å². The van der Waals surface area contributed by atoms with Crippen LogP contribution in [0.1, 0.15) is 16.2 Å². The maximum Gasteiger partial charge on any atom is 0.354 e. The Hall–Kier alpha value is -1.82. The van der Waals surface area contributed by atoms with Crippen LogP contribution in [0.5, 0.6) is 0 Å². The number of oxazole rings is 1. The van der Waals surface area contributed by atoms with Gasteiger partial charge in [0.1, 0.15) is 12.0 Å². The molecule has 0 bridgehead atoms. The maximum atomic E-state index is 10.6. The summed E-state index contributed by atoms with van der Waals surface area (Å²) in [4.78, 5) is 19.3. The van der Waals surface area contributed by atoms with E-state index >= 15 is 0 Å². The van der Waals surface area contributed by atoms with E-state index in [1.54, 1.807) is 12.3 Å². The summed E-state index contributed by atoms with van der Waals surface area (Å²) in [5.41, 5.74) is 0.825. The van der Waals surface area contributed by atoms with Gasteiger partial charge in [0.15, 0.2) is 0 Å². The summed E-state index contributed by atoms with van der Waals surface area (Å²) in [5.74, 6) is -1.04. The van der Waals surface area contributed by atoms with Gasteiger partial charge in [-0.1, -0.05) is 0 Å². The standard InChI is InChI=1S/C10H8N2O3S/c1-6-5-15-10(12-6)16-7-2-3-8(9(13)14)11-4-7/h2-5H,1H3,(H,13,14). The summed E-state index contributed by atoms with van der Waals surface area (Å²) in [6.07, 6.45) is 3.04. The molecule has 2 rings (SSSR count). The van der Waals surface area contributed by atoms with Gasteiger partial charge in [-0.05, 0) is 30.8 Å². The molecule has 2 heterocycles. The number of carboxylic acid groups (broad SMARTS) is 1. The van der Waals surface area contributed by atoms with Gasteiger partial charge in [0, 0.05) is 11.1 Å². The molecule has 2 aromatic rings. The van der Waals surface area contributed by atoms with Gasteiger partial charge in [-0.2, -0.15) is 0 Å². The van der Waals surface area contributed by atoms with Crippen LogP contribution >= 0.6 is 11.8 Å². The molecule has 0 atom stereocenters.